The van der Waals surface area contributed by atoms with Gasteiger partial charge in [0.25, 0.3) is 0 Å². The summed E-state index contributed by atoms with van der Waals surface area (Å²) < 4.78 is 52.0. The molecule has 1 saturated heterocycles. The van der Waals surface area contributed by atoms with Gasteiger partial charge < -0.3 is 5.73 Å². The molecule has 2 atom stereocenters. The number of hydrogen-bond acceptors (Lipinski definition) is 5. The zero-order valence-electron chi connectivity index (χ0n) is 15.2. The second-order valence-corrected chi connectivity index (χ2v) is 11.1. The molecule has 6 nitrogen and oxygen atoms in total. The van der Waals surface area contributed by atoms with Gasteiger partial charge in [0, 0.05) is 19.6 Å². The van der Waals surface area contributed by atoms with Crippen molar-refractivity contribution in [3.05, 3.63) is 65.7 Å². The van der Waals surface area contributed by atoms with Crippen LogP contribution >= 0.6 is 0 Å². The van der Waals surface area contributed by atoms with Crippen LogP contribution in [0.1, 0.15) is 23.5 Å². The number of piperidine rings is 1. The van der Waals surface area contributed by atoms with Crippen molar-refractivity contribution in [3.8, 4) is 0 Å². The lowest BCUT2D eigenvalue weighted by Crippen LogP contribution is -2.47. The van der Waals surface area contributed by atoms with E-state index in [4.69, 9.17) is 5.73 Å². The summed E-state index contributed by atoms with van der Waals surface area (Å²) in [4.78, 5) is 0.201. The molecule has 0 aliphatic carbocycles. The largest absolute Gasteiger partial charge is 0.326 e. The predicted octanol–water partition coefficient (Wildman–Crippen LogP) is 1.74. The van der Waals surface area contributed by atoms with Crippen LogP contribution < -0.4 is 5.73 Å². The standard InChI is InChI=1S/C19H24N2O4S2/c1-26(22,23)21-13-17(16-5-3-2-4-6-16)11-19(14-21)27(24,25)18-9-7-15(12-20)8-10-18/h2-10,17,19H,11-14,20H2,1H3/t17-,19+/m0/s1. The molecule has 1 heterocycles. The normalized spacial score (nSPS) is 21.9. The summed E-state index contributed by atoms with van der Waals surface area (Å²) in [5.74, 6) is -0.169. The molecule has 2 aromatic rings. The molecule has 2 aromatic carbocycles. The highest BCUT2D eigenvalue weighted by atomic mass is 32.2. The van der Waals surface area contributed by atoms with Crippen molar-refractivity contribution in [3.63, 3.8) is 0 Å². The lowest BCUT2D eigenvalue weighted by atomic mass is 9.91. The third kappa shape index (κ3) is 4.40. The summed E-state index contributed by atoms with van der Waals surface area (Å²) in [6, 6.07) is 16.0. The minimum Gasteiger partial charge on any atom is -0.326 e. The lowest BCUT2D eigenvalue weighted by molar-refractivity contribution is 0.317. The van der Waals surface area contributed by atoms with Gasteiger partial charge in [-0.2, -0.15) is 0 Å². The second-order valence-electron chi connectivity index (χ2n) is 6.94. The Balaban J connectivity index is 1.96. The van der Waals surface area contributed by atoms with E-state index >= 15 is 0 Å². The van der Waals surface area contributed by atoms with Gasteiger partial charge in [0.1, 0.15) is 0 Å². The monoisotopic (exact) mass is 408 g/mol. The fraction of sp³-hybridized carbons (Fsp3) is 0.368. The molecule has 0 spiro atoms. The molecule has 146 valence electrons. The molecule has 8 heteroatoms. The van der Waals surface area contributed by atoms with Gasteiger partial charge in [-0.25, -0.2) is 21.1 Å². The molecular formula is C19H24N2O4S2. The molecule has 1 fully saturated rings. The Labute approximate surface area is 161 Å². The molecule has 3 rings (SSSR count). The molecule has 0 bridgehead atoms. The topological polar surface area (TPSA) is 97.5 Å². The third-order valence-corrected chi connectivity index (χ3v) is 8.43. The molecular weight excluding hydrogens is 384 g/mol. The van der Waals surface area contributed by atoms with Crippen LogP contribution in [0.3, 0.4) is 0 Å². The third-order valence-electron chi connectivity index (χ3n) is 5.05. The molecule has 0 unspecified atom stereocenters. The number of nitrogens with zero attached hydrogens (tertiary/aromatic N) is 1. The lowest BCUT2D eigenvalue weighted by Gasteiger charge is -2.36. The van der Waals surface area contributed by atoms with Crippen molar-refractivity contribution in [1.29, 1.82) is 0 Å². The Hall–Kier alpha value is -1.74. The van der Waals surface area contributed by atoms with Crippen molar-refractivity contribution in [2.75, 3.05) is 19.3 Å². The van der Waals surface area contributed by atoms with Crippen LogP contribution in [-0.2, 0) is 26.4 Å². The molecule has 0 radical (unpaired) electrons. The van der Waals surface area contributed by atoms with Crippen molar-refractivity contribution < 1.29 is 16.8 Å². The van der Waals surface area contributed by atoms with Crippen LogP contribution in [0.2, 0.25) is 0 Å². The molecule has 0 amide bonds. The van der Waals surface area contributed by atoms with E-state index in [9.17, 15) is 16.8 Å². The zero-order valence-corrected chi connectivity index (χ0v) is 16.8. The number of nitrogens with two attached hydrogens (primary N) is 1. The van der Waals surface area contributed by atoms with Gasteiger partial charge in [-0.1, -0.05) is 42.5 Å². The molecule has 1 aliphatic rings. The summed E-state index contributed by atoms with van der Waals surface area (Å²) in [5.41, 5.74) is 7.37. The summed E-state index contributed by atoms with van der Waals surface area (Å²) in [5, 5.41) is -0.796. The minimum atomic E-state index is -3.67. The Kier molecular flexibility index (Phi) is 5.71. The fourth-order valence-corrected chi connectivity index (χ4v) is 6.24. The van der Waals surface area contributed by atoms with Crippen molar-refractivity contribution in [2.24, 2.45) is 5.73 Å². The average molecular weight is 409 g/mol. The summed E-state index contributed by atoms with van der Waals surface area (Å²) >= 11 is 0. The van der Waals surface area contributed by atoms with E-state index in [2.05, 4.69) is 0 Å². The van der Waals surface area contributed by atoms with E-state index in [0.29, 0.717) is 19.5 Å². The van der Waals surface area contributed by atoms with Gasteiger partial charge in [0.2, 0.25) is 10.0 Å². The van der Waals surface area contributed by atoms with Gasteiger partial charge in [-0.05, 0) is 35.6 Å². The highest BCUT2D eigenvalue weighted by Gasteiger charge is 2.39. The molecule has 0 saturated carbocycles. The highest BCUT2D eigenvalue weighted by Crippen LogP contribution is 2.33. The summed E-state index contributed by atoms with van der Waals surface area (Å²) in [6.45, 7) is 0.603. The minimum absolute atomic E-state index is 0.0247. The van der Waals surface area contributed by atoms with Gasteiger partial charge in [-0.3, -0.25) is 0 Å². The number of sulfone groups is 1. The first kappa shape index (κ1) is 20.0. The Morgan fingerprint density at radius 1 is 0.963 bits per heavy atom. The van der Waals surface area contributed by atoms with Crippen LogP contribution in [-0.4, -0.2) is 45.7 Å². The number of rotatable bonds is 5. The SMILES string of the molecule is CS(=O)(=O)N1C[C@@H](c2ccccc2)C[C@@H](S(=O)(=O)c2ccc(CN)cc2)C1. The van der Waals surface area contributed by atoms with Gasteiger partial charge in [0.05, 0.1) is 16.4 Å². The summed E-state index contributed by atoms with van der Waals surface area (Å²) in [6.07, 6.45) is 1.51. The Morgan fingerprint density at radius 2 is 1.59 bits per heavy atom. The van der Waals surface area contributed by atoms with Crippen LogP contribution in [0.25, 0.3) is 0 Å². The smallest absolute Gasteiger partial charge is 0.211 e. The Morgan fingerprint density at radius 3 is 2.15 bits per heavy atom. The van der Waals surface area contributed by atoms with E-state index in [0.717, 1.165) is 17.4 Å². The molecule has 2 N–H and O–H groups in total. The van der Waals surface area contributed by atoms with Crippen molar-refractivity contribution in [2.45, 2.75) is 29.0 Å². The van der Waals surface area contributed by atoms with Crippen LogP contribution in [0.15, 0.2) is 59.5 Å². The zero-order chi connectivity index (χ0) is 19.7. The Bertz CT molecular complexity index is 988. The van der Waals surface area contributed by atoms with E-state index in [1.807, 2.05) is 30.3 Å². The van der Waals surface area contributed by atoms with Crippen LogP contribution in [0.4, 0.5) is 0 Å². The van der Waals surface area contributed by atoms with E-state index in [-0.39, 0.29) is 17.4 Å². The first-order chi connectivity index (χ1) is 12.7. The van der Waals surface area contributed by atoms with Gasteiger partial charge in [0.15, 0.2) is 9.84 Å². The van der Waals surface area contributed by atoms with Crippen LogP contribution in [0.5, 0.6) is 0 Å². The van der Waals surface area contributed by atoms with Crippen LogP contribution in [0, 0.1) is 0 Å². The number of benzene rings is 2. The average Bonchev–Trinajstić information content (AvgIpc) is 2.67. The maximum Gasteiger partial charge on any atom is 0.211 e. The van der Waals surface area contributed by atoms with E-state index in [1.54, 1.807) is 24.3 Å². The predicted molar refractivity (Wildman–Crippen MR) is 106 cm³/mol. The highest BCUT2D eigenvalue weighted by molar-refractivity contribution is 7.92. The maximum atomic E-state index is 13.2. The first-order valence-corrected chi connectivity index (χ1v) is 12.1. The molecule has 0 aromatic heterocycles. The number of sulfonamides is 1. The summed E-state index contributed by atoms with van der Waals surface area (Å²) in [7, 11) is -7.17. The maximum absolute atomic E-state index is 13.2. The quantitative estimate of drug-likeness (QED) is 0.813. The number of hydrogen-bond donors (Lipinski definition) is 1. The second kappa shape index (κ2) is 7.71. The van der Waals surface area contributed by atoms with Crippen molar-refractivity contribution >= 4 is 19.9 Å². The first-order valence-electron chi connectivity index (χ1n) is 8.75. The fourth-order valence-electron chi connectivity index (χ4n) is 3.48. The van der Waals surface area contributed by atoms with Gasteiger partial charge >= 0.3 is 0 Å². The van der Waals surface area contributed by atoms with Crippen molar-refractivity contribution in [1.82, 2.24) is 4.31 Å². The molecule has 1 aliphatic heterocycles. The molecule has 27 heavy (non-hydrogen) atoms. The van der Waals surface area contributed by atoms with E-state index in [1.165, 1.54) is 4.31 Å². The van der Waals surface area contributed by atoms with E-state index < -0.39 is 25.1 Å². The van der Waals surface area contributed by atoms with Gasteiger partial charge in [-0.15, -0.1) is 0 Å².